The lowest BCUT2D eigenvalue weighted by molar-refractivity contribution is -0.120. The molecule has 6 heteroatoms. The summed E-state index contributed by atoms with van der Waals surface area (Å²) < 4.78 is 8.42. The molecular formula is C29H32ClN3O2. The molecule has 5 nitrogen and oxygen atoms in total. The Morgan fingerprint density at radius 3 is 2.60 bits per heavy atom. The Morgan fingerprint density at radius 1 is 1.03 bits per heavy atom. The predicted octanol–water partition coefficient (Wildman–Crippen LogP) is 6.18. The molecule has 0 aliphatic heterocycles. The normalized spacial score (nSPS) is 11.2. The number of carbonyl (C=O) groups excluding carboxylic acids is 1. The van der Waals surface area contributed by atoms with E-state index in [2.05, 4.69) is 41.9 Å². The van der Waals surface area contributed by atoms with Crippen LogP contribution in [0.5, 0.6) is 5.75 Å². The van der Waals surface area contributed by atoms with E-state index in [1.807, 2.05) is 48.5 Å². The van der Waals surface area contributed by atoms with Gasteiger partial charge in [0.1, 0.15) is 18.2 Å². The zero-order chi connectivity index (χ0) is 24.6. The van der Waals surface area contributed by atoms with Gasteiger partial charge in [0.25, 0.3) is 0 Å². The van der Waals surface area contributed by atoms with Gasteiger partial charge in [0.15, 0.2) is 0 Å². The second-order valence-corrected chi connectivity index (χ2v) is 9.34. The van der Waals surface area contributed by atoms with Gasteiger partial charge in [-0.25, -0.2) is 4.98 Å². The summed E-state index contributed by atoms with van der Waals surface area (Å²) in [5, 5.41) is 3.62. The SMILES string of the molecule is CC(C)c1ccccc1OCCn1c(CCCNC(=O)Cc2ccccc2Cl)nc2ccccc21. The number of hydrogen-bond donors (Lipinski definition) is 1. The van der Waals surface area contributed by atoms with Gasteiger partial charge in [-0.1, -0.05) is 74.0 Å². The van der Waals surface area contributed by atoms with E-state index in [1.165, 1.54) is 5.56 Å². The van der Waals surface area contributed by atoms with Gasteiger partial charge in [0, 0.05) is 18.0 Å². The predicted molar refractivity (Wildman–Crippen MR) is 142 cm³/mol. The van der Waals surface area contributed by atoms with E-state index in [-0.39, 0.29) is 12.3 Å². The Labute approximate surface area is 212 Å². The fraction of sp³-hybridized carbons (Fsp3) is 0.310. The van der Waals surface area contributed by atoms with Crippen molar-refractivity contribution in [1.82, 2.24) is 14.9 Å². The van der Waals surface area contributed by atoms with E-state index in [9.17, 15) is 4.79 Å². The molecule has 0 saturated heterocycles. The molecular weight excluding hydrogens is 458 g/mol. The quantitative estimate of drug-likeness (QED) is 0.256. The average Bonchev–Trinajstić information content (AvgIpc) is 3.21. The molecule has 0 fully saturated rings. The lowest BCUT2D eigenvalue weighted by Gasteiger charge is -2.15. The molecule has 0 radical (unpaired) electrons. The van der Waals surface area contributed by atoms with Gasteiger partial charge in [-0.2, -0.15) is 0 Å². The monoisotopic (exact) mass is 489 g/mol. The van der Waals surface area contributed by atoms with Crippen LogP contribution in [0.25, 0.3) is 11.0 Å². The number of nitrogens with one attached hydrogen (secondary N) is 1. The van der Waals surface area contributed by atoms with Gasteiger partial charge in [0.2, 0.25) is 5.91 Å². The van der Waals surface area contributed by atoms with Crippen LogP contribution in [-0.4, -0.2) is 28.6 Å². The van der Waals surface area contributed by atoms with Crippen LogP contribution in [0.4, 0.5) is 0 Å². The molecule has 4 rings (SSSR count). The fourth-order valence-electron chi connectivity index (χ4n) is 4.25. The van der Waals surface area contributed by atoms with Crippen molar-refractivity contribution in [2.24, 2.45) is 0 Å². The molecule has 0 aliphatic carbocycles. The zero-order valence-corrected chi connectivity index (χ0v) is 21.1. The van der Waals surface area contributed by atoms with Crippen molar-refractivity contribution in [1.29, 1.82) is 0 Å². The second kappa shape index (κ2) is 11.9. The maximum atomic E-state index is 12.3. The molecule has 0 spiro atoms. The first-order valence-electron chi connectivity index (χ1n) is 12.2. The van der Waals surface area contributed by atoms with Crippen LogP contribution in [0.3, 0.4) is 0 Å². The Balaban J connectivity index is 1.35. The van der Waals surface area contributed by atoms with E-state index in [1.54, 1.807) is 6.07 Å². The van der Waals surface area contributed by atoms with Gasteiger partial charge in [-0.05, 0) is 47.7 Å². The minimum absolute atomic E-state index is 0.0242. The number of amides is 1. The maximum absolute atomic E-state index is 12.3. The molecule has 1 N–H and O–H groups in total. The van der Waals surface area contributed by atoms with Crippen LogP contribution in [0, 0.1) is 0 Å². The van der Waals surface area contributed by atoms with Crippen molar-refractivity contribution >= 4 is 28.5 Å². The van der Waals surface area contributed by atoms with Gasteiger partial charge >= 0.3 is 0 Å². The third kappa shape index (κ3) is 6.43. The summed E-state index contributed by atoms with van der Waals surface area (Å²) in [6, 6.07) is 23.8. The first kappa shape index (κ1) is 24.8. The summed E-state index contributed by atoms with van der Waals surface area (Å²) >= 11 is 6.17. The molecule has 3 aromatic carbocycles. The van der Waals surface area contributed by atoms with E-state index in [4.69, 9.17) is 21.3 Å². The Kier molecular flexibility index (Phi) is 8.43. The van der Waals surface area contributed by atoms with Gasteiger partial charge in [0.05, 0.1) is 24.0 Å². The zero-order valence-electron chi connectivity index (χ0n) is 20.3. The van der Waals surface area contributed by atoms with E-state index < -0.39 is 0 Å². The number of para-hydroxylation sites is 3. The number of halogens is 1. The van der Waals surface area contributed by atoms with Crippen molar-refractivity contribution in [2.45, 2.75) is 45.6 Å². The van der Waals surface area contributed by atoms with Crippen molar-refractivity contribution in [3.63, 3.8) is 0 Å². The van der Waals surface area contributed by atoms with Crippen molar-refractivity contribution in [3.8, 4) is 5.75 Å². The summed E-state index contributed by atoms with van der Waals surface area (Å²) in [5.41, 5.74) is 4.14. The van der Waals surface area contributed by atoms with Gasteiger partial charge in [-0.3, -0.25) is 4.79 Å². The lowest BCUT2D eigenvalue weighted by atomic mass is 10.0. The van der Waals surface area contributed by atoms with Crippen LogP contribution in [-0.2, 0) is 24.2 Å². The number of ether oxygens (including phenoxy) is 1. The number of imidazole rings is 1. The number of aryl methyl sites for hydroxylation is 1. The standard InChI is InChI=1S/C29H32ClN3O2/c1-21(2)23-11-4-8-15-27(23)35-19-18-33-26-14-7-6-13-25(26)32-28(33)16-9-17-31-29(34)20-22-10-3-5-12-24(22)30/h3-8,10-15,21H,9,16-20H2,1-2H3,(H,31,34). The first-order valence-corrected chi connectivity index (χ1v) is 12.6. The lowest BCUT2D eigenvalue weighted by Crippen LogP contribution is -2.26. The van der Waals surface area contributed by atoms with E-state index >= 15 is 0 Å². The molecule has 0 atom stereocenters. The Bertz CT molecular complexity index is 1280. The number of rotatable bonds is 11. The van der Waals surface area contributed by atoms with Crippen LogP contribution in [0.15, 0.2) is 72.8 Å². The molecule has 4 aromatic rings. The molecule has 1 aromatic heterocycles. The average molecular weight is 490 g/mol. The van der Waals surface area contributed by atoms with Crippen molar-refractivity contribution in [2.75, 3.05) is 13.2 Å². The highest BCUT2D eigenvalue weighted by atomic mass is 35.5. The van der Waals surface area contributed by atoms with Crippen molar-refractivity contribution in [3.05, 3.63) is 94.8 Å². The van der Waals surface area contributed by atoms with Crippen LogP contribution in [0.1, 0.15) is 43.1 Å². The minimum Gasteiger partial charge on any atom is -0.491 e. The van der Waals surface area contributed by atoms with Gasteiger partial charge < -0.3 is 14.6 Å². The topological polar surface area (TPSA) is 56.1 Å². The highest BCUT2D eigenvalue weighted by molar-refractivity contribution is 6.31. The number of aromatic nitrogens is 2. The summed E-state index contributed by atoms with van der Waals surface area (Å²) in [7, 11) is 0. The summed E-state index contributed by atoms with van der Waals surface area (Å²) in [6.07, 6.45) is 1.85. The molecule has 0 bridgehead atoms. The minimum atomic E-state index is -0.0242. The number of carbonyl (C=O) groups is 1. The number of fused-ring (bicyclic) bond motifs is 1. The van der Waals surface area contributed by atoms with E-state index in [0.29, 0.717) is 30.6 Å². The Hall–Kier alpha value is -3.31. The highest BCUT2D eigenvalue weighted by Gasteiger charge is 2.12. The van der Waals surface area contributed by atoms with Crippen molar-refractivity contribution < 1.29 is 9.53 Å². The Morgan fingerprint density at radius 2 is 1.77 bits per heavy atom. The molecule has 35 heavy (non-hydrogen) atoms. The molecule has 1 amide bonds. The summed E-state index contributed by atoms with van der Waals surface area (Å²) in [4.78, 5) is 17.2. The largest absolute Gasteiger partial charge is 0.491 e. The molecule has 0 aliphatic rings. The van der Waals surface area contributed by atoms with E-state index in [0.717, 1.165) is 41.0 Å². The number of hydrogen-bond acceptors (Lipinski definition) is 3. The molecule has 1 heterocycles. The summed E-state index contributed by atoms with van der Waals surface area (Å²) in [6.45, 7) is 6.21. The van der Waals surface area contributed by atoms with Crippen LogP contribution in [0.2, 0.25) is 5.02 Å². The van der Waals surface area contributed by atoms with Crippen LogP contribution >= 0.6 is 11.6 Å². The maximum Gasteiger partial charge on any atom is 0.224 e. The smallest absolute Gasteiger partial charge is 0.224 e. The fourth-order valence-corrected chi connectivity index (χ4v) is 4.46. The first-order chi connectivity index (χ1) is 17.0. The molecule has 0 saturated carbocycles. The molecule has 0 unspecified atom stereocenters. The number of nitrogens with zero attached hydrogens (tertiary/aromatic N) is 2. The third-order valence-electron chi connectivity index (χ3n) is 6.06. The summed E-state index contributed by atoms with van der Waals surface area (Å²) in [5.74, 6) is 2.33. The third-order valence-corrected chi connectivity index (χ3v) is 6.42. The molecule has 182 valence electrons. The number of benzene rings is 3. The van der Waals surface area contributed by atoms with Gasteiger partial charge in [-0.15, -0.1) is 0 Å². The highest BCUT2D eigenvalue weighted by Crippen LogP contribution is 2.26. The van der Waals surface area contributed by atoms with Crippen LogP contribution < -0.4 is 10.1 Å². The second-order valence-electron chi connectivity index (χ2n) is 8.93.